The summed E-state index contributed by atoms with van der Waals surface area (Å²) in [4.78, 5) is 6.96. The van der Waals surface area contributed by atoms with E-state index in [1.807, 2.05) is 18.2 Å². The molecular weight excluding hydrogens is 343 g/mol. The number of benzene rings is 1. The lowest BCUT2D eigenvalue weighted by Crippen LogP contribution is -2.33. The predicted molar refractivity (Wildman–Crippen MR) is 87.4 cm³/mol. The Kier molecular flexibility index (Phi) is 4.42. The monoisotopic (exact) mass is 357 g/mol. The van der Waals surface area contributed by atoms with Gasteiger partial charge in [-0.3, -0.25) is 0 Å². The quantitative estimate of drug-likeness (QED) is 0.696. The number of nitrogens with one attached hydrogen (secondary N) is 2. The second-order valence-electron chi connectivity index (χ2n) is 5.61. The molecule has 1 saturated heterocycles. The normalized spacial score (nSPS) is 18.7. The molecule has 1 atom stereocenters. The van der Waals surface area contributed by atoms with Gasteiger partial charge < -0.3 is 15.0 Å². The van der Waals surface area contributed by atoms with Crippen LogP contribution in [-0.4, -0.2) is 29.7 Å². The number of halogens is 4. The number of aromatic nitrogens is 2. The highest BCUT2D eigenvalue weighted by Crippen LogP contribution is 2.34. The third-order valence-electron chi connectivity index (χ3n) is 4.10. The van der Waals surface area contributed by atoms with Crippen molar-refractivity contribution >= 4 is 34.3 Å². The van der Waals surface area contributed by atoms with Gasteiger partial charge in [0.05, 0.1) is 18.3 Å². The molecule has 1 aromatic carbocycles. The molecule has 0 saturated carbocycles. The van der Waals surface area contributed by atoms with Crippen LogP contribution < -0.4 is 5.32 Å². The molecule has 0 aliphatic carbocycles. The predicted octanol–water partition coefficient (Wildman–Crippen LogP) is 3.82. The molecule has 0 spiro atoms. The van der Waals surface area contributed by atoms with Gasteiger partial charge in [-0.25, -0.2) is 4.98 Å². The highest BCUT2D eigenvalue weighted by atomic mass is 35.5. The smallest absolute Gasteiger partial charge is 0.371 e. The van der Waals surface area contributed by atoms with Crippen LogP contribution in [0, 0.1) is 0 Å². The number of hydrogen-bond donors (Lipinski definition) is 2. The Morgan fingerprint density at radius 3 is 2.71 bits per heavy atom. The van der Waals surface area contributed by atoms with E-state index < -0.39 is 11.7 Å². The minimum Gasteiger partial charge on any atom is -0.371 e. The van der Waals surface area contributed by atoms with E-state index in [-0.39, 0.29) is 18.5 Å². The van der Waals surface area contributed by atoms with Crippen molar-refractivity contribution in [1.82, 2.24) is 15.3 Å². The Bertz CT molecular complexity index is 872. The minimum atomic E-state index is -4.40. The van der Waals surface area contributed by atoms with Crippen LogP contribution in [-0.2, 0) is 10.9 Å². The van der Waals surface area contributed by atoms with Crippen LogP contribution in [0.15, 0.2) is 30.5 Å². The first kappa shape index (κ1) is 17.0. The molecule has 3 aromatic rings. The third kappa shape index (κ3) is 2.94. The Labute approximate surface area is 141 Å². The number of morpholine rings is 1. The number of nitrogens with zero attached hydrogens (tertiary/aromatic N) is 1. The van der Waals surface area contributed by atoms with Crippen molar-refractivity contribution in [2.24, 2.45) is 0 Å². The Morgan fingerprint density at radius 2 is 2.00 bits per heavy atom. The Morgan fingerprint density at radius 1 is 1.17 bits per heavy atom. The molecular formula is C16H15ClF3N3O. The van der Waals surface area contributed by atoms with E-state index in [1.54, 1.807) is 0 Å². The number of H-pyrrole nitrogens is 1. The first-order valence-electron chi connectivity index (χ1n) is 7.33. The van der Waals surface area contributed by atoms with Crippen LogP contribution in [0.4, 0.5) is 13.2 Å². The van der Waals surface area contributed by atoms with Crippen molar-refractivity contribution in [2.45, 2.75) is 12.3 Å². The van der Waals surface area contributed by atoms with E-state index in [9.17, 15) is 13.2 Å². The van der Waals surface area contributed by atoms with Gasteiger partial charge >= 0.3 is 6.18 Å². The maximum Gasteiger partial charge on any atom is 0.417 e. The number of ether oxygens (including phenoxy) is 1. The maximum atomic E-state index is 12.9. The number of aromatic amines is 1. The first-order valence-corrected chi connectivity index (χ1v) is 7.33. The summed E-state index contributed by atoms with van der Waals surface area (Å²) in [6.07, 6.45) is -3.64. The highest BCUT2D eigenvalue weighted by molar-refractivity contribution is 6.06. The largest absolute Gasteiger partial charge is 0.417 e. The van der Waals surface area contributed by atoms with Gasteiger partial charge in [0.25, 0.3) is 0 Å². The Balaban J connectivity index is 0.00000169. The van der Waals surface area contributed by atoms with E-state index in [4.69, 9.17) is 4.74 Å². The first-order chi connectivity index (χ1) is 11.0. The number of alkyl halides is 3. The van der Waals surface area contributed by atoms with Crippen LogP contribution in [0.2, 0.25) is 0 Å². The summed E-state index contributed by atoms with van der Waals surface area (Å²) < 4.78 is 44.5. The van der Waals surface area contributed by atoms with Crippen LogP contribution >= 0.6 is 12.4 Å². The number of hydrogen-bond acceptors (Lipinski definition) is 3. The second kappa shape index (κ2) is 6.23. The van der Waals surface area contributed by atoms with Crippen LogP contribution in [0.25, 0.3) is 21.9 Å². The average Bonchev–Trinajstić information content (AvgIpc) is 2.92. The van der Waals surface area contributed by atoms with Gasteiger partial charge in [0.15, 0.2) is 0 Å². The van der Waals surface area contributed by atoms with Gasteiger partial charge in [-0.2, -0.15) is 13.2 Å². The molecule has 1 aliphatic rings. The molecule has 128 valence electrons. The molecule has 2 N–H and O–H groups in total. The van der Waals surface area contributed by atoms with Gasteiger partial charge in [-0.15, -0.1) is 12.4 Å². The fraction of sp³-hybridized carbons (Fsp3) is 0.312. The second-order valence-corrected chi connectivity index (χ2v) is 5.61. The summed E-state index contributed by atoms with van der Waals surface area (Å²) >= 11 is 0. The standard InChI is InChI=1S/C16H14F3N3O.ClH/c17-16(18,19)10-6-12-11-5-9(14-8-20-3-4-23-14)1-2-13(11)22-15(12)21-7-10;/h1-2,5-7,14,20H,3-4,8H2,(H,21,22);1H/t14-;/m1./s1. The lowest BCUT2D eigenvalue weighted by Gasteiger charge is -2.24. The van der Waals surface area contributed by atoms with E-state index >= 15 is 0 Å². The lowest BCUT2D eigenvalue weighted by atomic mass is 10.0. The fourth-order valence-corrected chi connectivity index (χ4v) is 2.93. The molecule has 24 heavy (non-hydrogen) atoms. The lowest BCUT2D eigenvalue weighted by molar-refractivity contribution is -0.137. The summed E-state index contributed by atoms with van der Waals surface area (Å²) in [6.45, 7) is 2.13. The number of fused-ring (bicyclic) bond motifs is 3. The zero-order chi connectivity index (χ0) is 16.0. The molecule has 0 radical (unpaired) electrons. The summed E-state index contributed by atoms with van der Waals surface area (Å²) in [5, 5.41) is 4.45. The molecule has 4 nitrogen and oxygen atoms in total. The zero-order valence-corrected chi connectivity index (χ0v) is 13.3. The summed E-state index contributed by atoms with van der Waals surface area (Å²) in [5.74, 6) is 0. The van der Waals surface area contributed by atoms with Crippen molar-refractivity contribution in [1.29, 1.82) is 0 Å². The molecule has 1 fully saturated rings. The van der Waals surface area contributed by atoms with Crippen molar-refractivity contribution < 1.29 is 17.9 Å². The van der Waals surface area contributed by atoms with E-state index in [2.05, 4.69) is 15.3 Å². The van der Waals surface area contributed by atoms with Crippen molar-refractivity contribution in [3.63, 3.8) is 0 Å². The minimum absolute atomic E-state index is 0. The van der Waals surface area contributed by atoms with E-state index in [1.165, 1.54) is 0 Å². The van der Waals surface area contributed by atoms with Crippen LogP contribution in [0.1, 0.15) is 17.2 Å². The topological polar surface area (TPSA) is 49.9 Å². The van der Waals surface area contributed by atoms with E-state index in [0.717, 1.165) is 35.3 Å². The SMILES string of the molecule is Cl.FC(F)(F)c1cnc2[nH]c3ccc([C@H]4CNCCO4)cc3c2c1. The summed E-state index contributed by atoms with van der Waals surface area (Å²) in [5.41, 5.74) is 1.42. The molecule has 4 rings (SSSR count). The van der Waals surface area contributed by atoms with Gasteiger partial charge in [0, 0.05) is 35.6 Å². The van der Waals surface area contributed by atoms with Gasteiger partial charge in [-0.1, -0.05) is 6.07 Å². The van der Waals surface area contributed by atoms with Gasteiger partial charge in [0.1, 0.15) is 5.65 Å². The number of pyridine rings is 1. The van der Waals surface area contributed by atoms with Crippen molar-refractivity contribution in [3.8, 4) is 0 Å². The van der Waals surface area contributed by atoms with E-state index in [0.29, 0.717) is 24.2 Å². The zero-order valence-electron chi connectivity index (χ0n) is 12.5. The summed E-state index contributed by atoms with van der Waals surface area (Å²) in [6, 6.07) is 6.82. The molecule has 8 heteroatoms. The third-order valence-corrected chi connectivity index (χ3v) is 4.10. The van der Waals surface area contributed by atoms with Crippen LogP contribution in [0.5, 0.6) is 0 Å². The molecule has 0 bridgehead atoms. The van der Waals surface area contributed by atoms with Crippen molar-refractivity contribution in [2.75, 3.05) is 19.7 Å². The number of rotatable bonds is 1. The van der Waals surface area contributed by atoms with Gasteiger partial charge in [0.2, 0.25) is 0 Å². The maximum absolute atomic E-state index is 12.9. The van der Waals surface area contributed by atoms with Crippen molar-refractivity contribution in [3.05, 3.63) is 41.6 Å². The highest BCUT2D eigenvalue weighted by Gasteiger charge is 2.31. The summed E-state index contributed by atoms with van der Waals surface area (Å²) in [7, 11) is 0. The Hall–Kier alpha value is -1.83. The molecule has 0 amide bonds. The fourth-order valence-electron chi connectivity index (χ4n) is 2.93. The average molecular weight is 358 g/mol. The molecule has 2 aromatic heterocycles. The molecule has 1 aliphatic heterocycles. The van der Waals surface area contributed by atoms with Crippen LogP contribution in [0.3, 0.4) is 0 Å². The van der Waals surface area contributed by atoms with Gasteiger partial charge in [-0.05, 0) is 23.8 Å². The molecule has 3 heterocycles. The molecule has 0 unspecified atom stereocenters.